The smallest absolute Gasteiger partial charge is 0.465 e. The van der Waals surface area contributed by atoms with E-state index in [-0.39, 0.29) is 5.75 Å². The van der Waals surface area contributed by atoms with Gasteiger partial charge in [0.25, 0.3) is 0 Å². The van der Waals surface area contributed by atoms with E-state index >= 15 is 0 Å². The Kier molecular flexibility index (Phi) is 5.62. The van der Waals surface area contributed by atoms with Crippen LogP contribution in [0.3, 0.4) is 0 Å². The second kappa shape index (κ2) is 8.12. The molecule has 146 valence electrons. The lowest BCUT2D eigenvalue weighted by Crippen LogP contribution is -2.17. The van der Waals surface area contributed by atoms with E-state index in [4.69, 9.17) is 0 Å². The summed E-state index contributed by atoms with van der Waals surface area (Å²) in [7, 11) is 1.33. The number of rotatable bonds is 6. The zero-order valence-corrected chi connectivity index (χ0v) is 14.8. The normalized spacial score (nSPS) is 11.3. The summed E-state index contributed by atoms with van der Waals surface area (Å²) < 4.78 is 46.6. The number of halogens is 3. The maximum absolute atomic E-state index is 12.2. The average molecular weight is 391 g/mol. The van der Waals surface area contributed by atoms with Crippen molar-refractivity contribution in [3.8, 4) is 11.4 Å². The molecule has 0 radical (unpaired) electrons. The minimum Gasteiger partial charge on any atom is -0.465 e. The van der Waals surface area contributed by atoms with E-state index in [1.54, 1.807) is 12.1 Å². The van der Waals surface area contributed by atoms with E-state index in [9.17, 15) is 18.0 Å². The van der Waals surface area contributed by atoms with Gasteiger partial charge in [0, 0.05) is 6.42 Å². The molecule has 1 aromatic heterocycles. The number of aryl methyl sites for hydroxylation is 2. The third kappa shape index (κ3) is 5.09. The van der Waals surface area contributed by atoms with E-state index in [0.29, 0.717) is 29.9 Å². The molecule has 0 spiro atoms. The first kappa shape index (κ1) is 19.4. The maximum atomic E-state index is 12.2. The number of aromatic nitrogens is 3. The largest absolute Gasteiger partial charge is 0.573 e. The van der Waals surface area contributed by atoms with Gasteiger partial charge in [0.15, 0.2) is 5.82 Å². The highest BCUT2D eigenvalue weighted by Crippen LogP contribution is 2.23. The number of hydrogen-bond acceptors (Lipinski definition) is 5. The molecule has 6 nitrogen and oxygen atoms in total. The Morgan fingerprint density at radius 2 is 1.71 bits per heavy atom. The molecule has 0 fully saturated rings. The molecule has 1 heterocycles. The first-order chi connectivity index (χ1) is 13.3. The van der Waals surface area contributed by atoms with Crippen LogP contribution in [-0.4, -0.2) is 34.2 Å². The van der Waals surface area contributed by atoms with Crippen molar-refractivity contribution in [2.45, 2.75) is 19.2 Å². The topological polar surface area (TPSA) is 66.2 Å². The van der Waals surface area contributed by atoms with E-state index in [1.807, 2.05) is 12.1 Å². The zero-order chi connectivity index (χ0) is 20.1. The third-order valence-corrected chi connectivity index (χ3v) is 3.89. The van der Waals surface area contributed by atoms with Gasteiger partial charge in [0.2, 0.25) is 0 Å². The Labute approximate surface area is 158 Å². The highest BCUT2D eigenvalue weighted by molar-refractivity contribution is 5.89. The van der Waals surface area contributed by atoms with E-state index in [0.717, 1.165) is 5.56 Å². The van der Waals surface area contributed by atoms with Crippen LogP contribution in [0.1, 0.15) is 21.7 Å². The van der Waals surface area contributed by atoms with E-state index in [2.05, 4.69) is 19.6 Å². The number of ether oxygens (including phenoxy) is 2. The summed E-state index contributed by atoms with van der Waals surface area (Å²) in [5, 5.41) is 4.33. The van der Waals surface area contributed by atoms with Crippen molar-refractivity contribution in [3.63, 3.8) is 0 Å². The van der Waals surface area contributed by atoms with E-state index < -0.39 is 12.3 Å². The fourth-order valence-corrected chi connectivity index (χ4v) is 2.52. The van der Waals surface area contributed by atoms with Gasteiger partial charge in [-0.1, -0.05) is 12.1 Å². The van der Waals surface area contributed by atoms with Crippen LogP contribution in [0.25, 0.3) is 5.69 Å². The molecule has 3 rings (SSSR count). The summed E-state index contributed by atoms with van der Waals surface area (Å²) >= 11 is 0. The molecule has 3 aromatic rings. The number of carbonyl (C=O) groups is 1. The number of benzene rings is 2. The highest BCUT2D eigenvalue weighted by atomic mass is 19.4. The Hall–Kier alpha value is -3.36. The number of nitrogens with zero attached hydrogens (tertiary/aromatic N) is 3. The van der Waals surface area contributed by atoms with Gasteiger partial charge in [0.1, 0.15) is 12.1 Å². The summed E-state index contributed by atoms with van der Waals surface area (Å²) in [6.07, 6.45) is -1.99. The molecule has 0 amide bonds. The molecule has 0 aliphatic carbocycles. The van der Waals surface area contributed by atoms with Crippen LogP contribution in [0.4, 0.5) is 13.2 Å². The predicted molar refractivity (Wildman–Crippen MR) is 93.2 cm³/mol. The van der Waals surface area contributed by atoms with Gasteiger partial charge in [-0.05, 0) is 48.4 Å². The van der Waals surface area contributed by atoms with Crippen LogP contribution >= 0.6 is 0 Å². The highest BCUT2D eigenvalue weighted by Gasteiger charge is 2.30. The van der Waals surface area contributed by atoms with Gasteiger partial charge in [-0.2, -0.15) is 5.10 Å². The van der Waals surface area contributed by atoms with Crippen molar-refractivity contribution < 1.29 is 27.4 Å². The van der Waals surface area contributed by atoms with Gasteiger partial charge in [-0.15, -0.1) is 13.2 Å². The second-order valence-corrected chi connectivity index (χ2v) is 5.84. The van der Waals surface area contributed by atoms with Crippen molar-refractivity contribution in [1.29, 1.82) is 0 Å². The molecule has 0 aliphatic rings. The predicted octanol–water partition coefficient (Wildman–Crippen LogP) is 3.74. The van der Waals surface area contributed by atoms with Crippen LogP contribution in [0.2, 0.25) is 0 Å². The molecule has 0 aliphatic heterocycles. The monoisotopic (exact) mass is 391 g/mol. The first-order valence-electron chi connectivity index (χ1n) is 8.28. The first-order valence-corrected chi connectivity index (χ1v) is 8.28. The van der Waals surface area contributed by atoms with Gasteiger partial charge in [0.05, 0.1) is 18.4 Å². The van der Waals surface area contributed by atoms with Crippen molar-refractivity contribution in [2.75, 3.05) is 7.11 Å². The lowest BCUT2D eigenvalue weighted by atomic mass is 10.1. The summed E-state index contributed by atoms with van der Waals surface area (Å²) in [6, 6.07) is 12.4. The maximum Gasteiger partial charge on any atom is 0.573 e. The summed E-state index contributed by atoms with van der Waals surface area (Å²) in [5.41, 5.74) is 2.06. The number of carbonyl (C=O) groups excluding carboxylic acids is 1. The molecule has 0 unspecified atom stereocenters. The Bertz CT molecular complexity index is 936. The van der Waals surface area contributed by atoms with E-state index in [1.165, 1.54) is 42.4 Å². The quantitative estimate of drug-likeness (QED) is 0.599. The van der Waals surface area contributed by atoms with Crippen LogP contribution in [0.5, 0.6) is 5.75 Å². The molecule has 9 heteroatoms. The van der Waals surface area contributed by atoms with Gasteiger partial charge < -0.3 is 9.47 Å². The fourth-order valence-electron chi connectivity index (χ4n) is 2.52. The molecule has 0 bridgehead atoms. The zero-order valence-electron chi connectivity index (χ0n) is 14.8. The Balaban J connectivity index is 1.60. The number of hydrogen-bond donors (Lipinski definition) is 0. The van der Waals surface area contributed by atoms with Crippen molar-refractivity contribution in [2.24, 2.45) is 0 Å². The lowest BCUT2D eigenvalue weighted by molar-refractivity contribution is -0.274. The molecular weight excluding hydrogens is 375 g/mol. The minimum absolute atomic E-state index is 0.299. The summed E-state index contributed by atoms with van der Waals surface area (Å²) in [4.78, 5) is 15.6. The lowest BCUT2D eigenvalue weighted by Gasteiger charge is -2.09. The number of esters is 1. The van der Waals surface area contributed by atoms with Crippen LogP contribution in [-0.2, 0) is 17.6 Å². The standard InChI is InChI=1S/C19H16F3N3O3/c1-27-18(26)14-5-2-13(3-6-14)4-11-17-23-12-25(24-17)15-7-9-16(10-8-15)28-19(20,21)22/h2-3,5-10,12H,4,11H2,1H3. The molecule has 0 saturated heterocycles. The second-order valence-electron chi connectivity index (χ2n) is 5.84. The number of methoxy groups -OCH3 is 1. The van der Waals surface area contributed by atoms with Crippen LogP contribution in [0.15, 0.2) is 54.9 Å². The van der Waals surface area contributed by atoms with Crippen molar-refractivity contribution in [1.82, 2.24) is 14.8 Å². The molecule has 28 heavy (non-hydrogen) atoms. The summed E-state index contributed by atoms with van der Waals surface area (Å²) in [5.74, 6) is -0.0988. The van der Waals surface area contributed by atoms with Crippen LogP contribution in [0, 0.1) is 0 Å². The van der Waals surface area contributed by atoms with Crippen LogP contribution < -0.4 is 4.74 Å². The van der Waals surface area contributed by atoms with Gasteiger partial charge in [-0.25, -0.2) is 14.5 Å². The average Bonchev–Trinajstić information content (AvgIpc) is 3.14. The van der Waals surface area contributed by atoms with Crippen molar-refractivity contribution >= 4 is 5.97 Å². The fraction of sp³-hybridized carbons (Fsp3) is 0.211. The molecule has 0 N–H and O–H groups in total. The minimum atomic E-state index is -4.73. The van der Waals surface area contributed by atoms with Gasteiger partial charge >= 0.3 is 12.3 Å². The SMILES string of the molecule is COC(=O)c1ccc(CCc2ncn(-c3ccc(OC(F)(F)F)cc3)n2)cc1. The van der Waals surface area contributed by atoms with Gasteiger partial charge in [-0.3, -0.25) is 0 Å². The Morgan fingerprint density at radius 3 is 2.32 bits per heavy atom. The molecule has 0 atom stereocenters. The molecule has 2 aromatic carbocycles. The van der Waals surface area contributed by atoms with Crippen molar-refractivity contribution in [3.05, 3.63) is 71.8 Å². The third-order valence-electron chi connectivity index (χ3n) is 3.89. The Morgan fingerprint density at radius 1 is 1.04 bits per heavy atom. The molecular formula is C19H16F3N3O3. The molecule has 0 saturated carbocycles. The summed E-state index contributed by atoms with van der Waals surface area (Å²) in [6.45, 7) is 0. The number of alkyl halides is 3.